The summed E-state index contributed by atoms with van der Waals surface area (Å²) >= 11 is 0. The second-order valence-corrected chi connectivity index (χ2v) is 5.64. The van der Waals surface area contributed by atoms with Crippen LogP contribution in [0.3, 0.4) is 0 Å². The Morgan fingerprint density at radius 2 is 1.81 bits per heavy atom. The molecule has 1 aromatic heterocycles. The van der Waals surface area contributed by atoms with Gasteiger partial charge in [0.2, 0.25) is 5.56 Å². The van der Waals surface area contributed by atoms with E-state index in [1.54, 1.807) is 0 Å². The van der Waals surface area contributed by atoms with Crippen molar-refractivity contribution < 1.29 is 56.2 Å². The van der Waals surface area contributed by atoms with Crippen LogP contribution in [-0.2, 0) is 17.6 Å². The number of aromatic amines is 1. The Morgan fingerprint density at radius 3 is 2.43 bits per heavy atom. The van der Waals surface area contributed by atoms with Crippen molar-refractivity contribution in [3.8, 4) is 0 Å². The predicted octanol–water partition coefficient (Wildman–Crippen LogP) is -0.190. The van der Waals surface area contributed by atoms with Crippen molar-refractivity contribution in [3.63, 3.8) is 0 Å². The Hall–Kier alpha value is -0.464. The van der Waals surface area contributed by atoms with E-state index >= 15 is 0 Å². The van der Waals surface area contributed by atoms with Crippen LogP contribution in [0.15, 0.2) is 29.1 Å². The average molecular weight is 307 g/mol. The first-order chi connectivity index (χ1) is 9.48. The molecule has 21 heavy (non-hydrogen) atoms. The monoisotopic (exact) mass is 307 g/mol. The molecule has 104 valence electrons. The molecule has 1 atom stereocenters. The molecule has 2 N–H and O–H groups in total. The summed E-state index contributed by atoms with van der Waals surface area (Å²) in [5, 5.41) is 0.997. The molecule has 1 aliphatic carbocycles. The third-order valence-electron chi connectivity index (χ3n) is 4.27. The summed E-state index contributed by atoms with van der Waals surface area (Å²) in [7, 11) is 0. The van der Waals surface area contributed by atoms with Crippen LogP contribution in [0.5, 0.6) is 0 Å². The number of hydrogen-bond donors (Lipinski definition) is 1. The maximum absolute atomic E-state index is 11.5. The van der Waals surface area contributed by atoms with Crippen molar-refractivity contribution in [2.45, 2.75) is 25.7 Å². The summed E-state index contributed by atoms with van der Waals surface area (Å²) in [6, 6.07) is 7.39. The second kappa shape index (κ2) is 6.34. The van der Waals surface area contributed by atoms with Gasteiger partial charge in [-0.3, -0.25) is 4.79 Å². The Labute approximate surface area is 165 Å². The van der Waals surface area contributed by atoms with Crippen molar-refractivity contribution in [2.24, 2.45) is 5.41 Å². The zero-order valence-corrected chi connectivity index (χ0v) is 15.3. The van der Waals surface area contributed by atoms with Crippen LogP contribution in [-0.4, -0.2) is 10.9 Å². The van der Waals surface area contributed by atoms with E-state index in [1.807, 2.05) is 12.1 Å². The van der Waals surface area contributed by atoms with Crippen LogP contribution < -0.4 is 56.9 Å². The van der Waals surface area contributed by atoms with E-state index in [2.05, 4.69) is 18.0 Å². The molecular formula is C16H16KN2O2-. The number of fused-ring (bicyclic) bond motifs is 2. The molecule has 0 aliphatic heterocycles. The van der Waals surface area contributed by atoms with Crippen LogP contribution in [0, 0.1) is 12.3 Å². The Balaban J connectivity index is 0.00000161. The molecule has 0 radical (unpaired) electrons. The number of aryl methyl sites for hydroxylation is 2. The normalized spacial score (nSPS) is 21.2. The van der Waals surface area contributed by atoms with Crippen molar-refractivity contribution >= 4 is 16.8 Å². The first-order valence-electron chi connectivity index (χ1n) is 6.74. The van der Waals surface area contributed by atoms with E-state index in [0.29, 0.717) is 12.8 Å². The number of carbonyl (C=O) groups excluding carboxylic acids is 1. The van der Waals surface area contributed by atoms with Crippen LogP contribution >= 0.6 is 0 Å². The van der Waals surface area contributed by atoms with E-state index < -0.39 is 11.3 Å². The van der Waals surface area contributed by atoms with Gasteiger partial charge in [0.1, 0.15) is 0 Å². The van der Waals surface area contributed by atoms with Gasteiger partial charge in [-0.05, 0) is 47.6 Å². The number of hydrogen-bond acceptors (Lipinski definition) is 2. The molecule has 0 saturated carbocycles. The number of carbonyl (C=O) groups is 1. The van der Waals surface area contributed by atoms with Gasteiger partial charge in [-0.1, -0.05) is 12.8 Å². The first kappa shape index (κ1) is 16.9. The summed E-state index contributed by atoms with van der Waals surface area (Å²) in [5.74, 6) is -0.580. The first-order valence-corrected chi connectivity index (χ1v) is 6.74. The minimum absolute atomic E-state index is 0. The van der Waals surface area contributed by atoms with Gasteiger partial charge in [0.15, 0.2) is 0 Å². The van der Waals surface area contributed by atoms with Crippen molar-refractivity contribution in [3.05, 3.63) is 58.4 Å². The number of pyridine rings is 1. The molecule has 0 fully saturated rings. The quantitative estimate of drug-likeness (QED) is 0.450. The van der Waals surface area contributed by atoms with Crippen LogP contribution in [0.2, 0.25) is 0 Å². The van der Waals surface area contributed by atoms with E-state index in [1.165, 1.54) is 11.6 Å². The number of benzene rings is 1. The molecule has 0 bridgehead atoms. The van der Waals surface area contributed by atoms with E-state index in [0.717, 1.165) is 29.3 Å². The number of H-pyrrole nitrogens is 1. The summed E-state index contributed by atoms with van der Waals surface area (Å²) < 4.78 is 0. The third kappa shape index (κ3) is 3.32. The van der Waals surface area contributed by atoms with E-state index in [9.17, 15) is 9.59 Å². The largest absolute Gasteiger partial charge is 1.00 e. The van der Waals surface area contributed by atoms with Crippen LogP contribution in [0.4, 0.5) is 0 Å². The molecular weight excluding hydrogens is 291 g/mol. The van der Waals surface area contributed by atoms with Gasteiger partial charge < -0.3 is 22.4 Å². The third-order valence-corrected chi connectivity index (χ3v) is 4.27. The zero-order valence-electron chi connectivity index (χ0n) is 12.2. The van der Waals surface area contributed by atoms with Crippen molar-refractivity contribution in [1.29, 1.82) is 0 Å². The zero-order chi connectivity index (χ0) is 14.3. The van der Waals surface area contributed by atoms with Crippen molar-refractivity contribution in [1.82, 2.24) is 4.98 Å². The van der Waals surface area contributed by atoms with Gasteiger partial charge in [-0.25, -0.2) is 0 Å². The molecule has 1 heterocycles. The Kier molecular flexibility index (Phi) is 5.10. The minimum Gasteiger partial charge on any atom is -0.670 e. The van der Waals surface area contributed by atoms with E-state index in [4.69, 9.17) is 5.73 Å². The fraction of sp³-hybridized carbons (Fsp3) is 0.312. The molecule has 5 heteroatoms. The molecule has 1 aromatic carbocycles. The summed E-state index contributed by atoms with van der Waals surface area (Å²) in [6.45, 7) is 3.96. The van der Waals surface area contributed by atoms with Crippen LogP contribution in [0.1, 0.15) is 24.0 Å². The topological polar surface area (TPSA) is 73.7 Å². The van der Waals surface area contributed by atoms with Crippen LogP contribution in [0.25, 0.3) is 16.6 Å². The molecule has 1 aliphatic rings. The molecule has 1 unspecified atom stereocenters. The van der Waals surface area contributed by atoms with Gasteiger partial charge in [0.05, 0.1) is 0 Å². The average Bonchev–Trinajstić information content (AvgIpc) is 2.57. The van der Waals surface area contributed by atoms with E-state index in [-0.39, 0.29) is 56.9 Å². The van der Waals surface area contributed by atoms with Gasteiger partial charge in [0, 0.05) is 17.5 Å². The Morgan fingerprint density at radius 1 is 1.19 bits per heavy atom. The Bertz CT molecular complexity index is 754. The maximum atomic E-state index is 11.5. The number of amides is 1. The number of aromatic nitrogens is 1. The fourth-order valence-corrected chi connectivity index (χ4v) is 2.86. The molecule has 4 nitrogen and oxygen atoms in total. The molecule has 1 amide bonds. The second-order valence-electron chi connectivity index (χ2n) is 5.64. The van der Waals surface area contributed by atoms with Gasteiger partial charge in [-0.15, -0.1) is 5.41 Å². The van der Waals surface area contributed by atoms with Gasteiger partial charge >= 0.3 is 51.4 Å². The summed E-state index contributed by atoms with van der Waals surface area (Å²) in [6.07, 6.45) is 2.66. The molecule has 2 aromatic rings. The summed E-state index contributed by atoms with van der Waals surface area (Å²) in [4.78, 5) is 25.7. The van der Waals surface area contributed by atoms with Gasteiger partial charge in [-0.2, -0.15) is 0 Å². The predicted molar refractivity (Wildman–Crippen MR) is 78.3 cm³/mol. The minimum atomic E-state index is -0.793. The smallest absolute Gasteiger partial charge is 0.670 e. The summed E-state index contributed by atoms with van der Waals surface area (Å²) in [5.41, 5.74) is 9.65. The van der Waals surface area contributed by atoms with Crippen molar-refractivity contribution in [2.75, 3.05) is 0 Å². The van der Waals surface area contributed by atoms with Gasteiger partial charge in [0.25, 0.3) is 0 Å². The standard InChI is InChI=1S/C16H17N2O2.K/c1-16(15(17)20)6-4-10-8-12-2-3-14(19)18-13(12)9-11(10)5-7-16;/h2-3,8-9H,1,4-7H2,(H3,17,18,19,20);/q-1;+1/p-1. The number of nitrogens with one attached hydrogen (secondary N) is 2. The molecule has 3 rings (SSSR count). The molecule has 0 saturated heterocycles. The SMILES string of the molecule is [CH2-]C1(C([NH-])=O)CCc2cc3ccc(=O)[nH]c3cc2CC1.[K+]. The number of rotatable bonds is 1. The fourth-order valence-electron chi connectivity index (χ4n) is 2.86. The molecule has 0 spiro atoms. The maximum Gasteiger partial charge on any atom is 1.00 e.